The van der Waals surface area contributed by atoms with E-state index in [1.165, 1.54) is 11.3 Å². The predicted molar refractivity (Wildman–Crippen MR) is 73.3 cm³/mol. The van der Waals surface area contributed by atoms with Crippen molar-refractivity contribution < 1.29 is 4.79 Å². The SMILES string of the molecule is NC1(C(=O)NCc2nnc(-c3ccccc3)s2)CC1. The van der Waals surface area contributed by atoms with E-state index < -0.39 is 5.54 Å². The van der Waals surface area contributed by atoms with Crippen LogP contribution in [0.15, 0.2) is 30.3 Å². The minimum Gasteiger partial charge on any atom is -0.348 e. The third-order valence-electron chi connectivity index (χ3n) is 3.13. The zero-order valence-corrected chi connectivity index (χ0v) is 11.1. The Balaban J connectivity index is 1.64. The summed E-state index contributed by atoms with van der Waals surface area (Å²) in [5.74, 6) is -0.0936. The molecule has 19 heavy (non-hydrogen) atoms. The summed E-state index contributed by atoms with van der Waals surface area (Å²) >= 11 is 1.48. The number of hydrogen-bond acceptors (Lipinski definition) is 5. The average molecular weight is 274 g/mol. The largest absolute Gasteiger partial charge is 0.348 e. The monoisotopic (exact) mass is 274 g/mol. The van der Waals surface area contributed by atoms with Gasteiger partial charge < -0.3 is 11.1 Å². The maximum Gasteiger partial charge on any atom is 0.240 e. The topological polar surface area (TPSA) is 80.9 Å². The Kier molecular flexibility index (Phi) is 3.04. The van der Waals surface area contributed by atoms with Crippen LogP contribution in [0.3, 0.4) is 0 Å². The molecule has 1 aliphatic rings. The molecular weight excluding hydrogens is 260 g/mol. The van der Waals surface area contributed by atoms with Gasteiger partial charge in [0.25, 0.3) is 0 Å². The fourth-order valence-electron chi connectivity index (χ4n) is 1.72. The van der Waals surface area contributed by atoms with Gasteiger partial charge in [0.05, 0.1) is 12.1 Å². The molecule has 0 bridgehead atoms. The van der Waals surface area contributed by atoms with Crippen molar-refractivity contribution in [3.63, 3.8) is 0 Å². The second-order valence-electron chi connectivity index (χ2n) is 4.71. The first kappa shape index (κ1) is 12.3. The van der Waals surface area contributed by atoms with Crippen LogP contribution in [0.1, 0.15) is 17.8 Å². The first-order chi connectivity index (χ1) is 9.17. The van der Waals surface area contributed by atoms with Gasteiger partial charge in [0.15, 0.2) is 0 Å². The molecule has 0 radical (unpaired) electrons. The summed E-state index contributed by atoms with van der Waals surface area (Å²) in [5, 5.41) is 12.7. The zero-order valence-electron chi connectivity index (χ0n) is 10.3. The predicted octanol–water partition coefficient (Wildman–Crippen LogP) is 1.31. The van der Waals surface area contributed by atoms with Crippen molar-refractivity contribution in [1.82, 2.24) is 15.5 Å². The lowest BCUT2D eigenvalue weighted by atomic mass is 10.2. The molecule has 0 atom stereocenters. The van der Waals surface area contributed by atoms with Gasteiger partial charge in [0, 0.05) is 5.56 Å². The Bertz CT molecular complexity index is 592. The maximum atomic E-state index is 11.7. The molecule has 1 heterocycles. The molecule has 0 aliphatic heterocycles. The average Bonchev–Trinajstić information content (AvgIpc) is 3.03. The van der Waals surface area contributed by atoms with Crippen LogP contribution in [0, 0.1) is 0 Å². The minimum atomic E-state index is -0.632. The highest BCUT2D eigenvalue weighted by molar-refractivity contribution is 7.14. The normalized spacial score (nSPS) is 16.1. The first-order valence-electron chi connectivity index (χ1n) is 6.12. The molecule has 1 fully saturated rings. The fraction of sp³-hybridized carbons (Fsp3) is 0.308. The summed E-state index contributed by atoms with van der Waals surface area (Å²) in [6, 6.07) is 9.86. The molecule has 3 rings (SSSR count). The number of carbonyl (C=O) groups is 1. The Morgan fingerprint density at radius 1 is 1.32 bits per heavy atom. The van der Waals surface area contributed by atoms with E-state index in [1.807, 2.05) is 30.3 Å². The van der Waals surface area contributed by atoms with Crippen LogP contribution in [0.4, 0.5) is 0 Å². The minimum absolute atomic E-state index is 0.0936. The van der Waals surface area contributed by atoms with Crippen molar-refractivity contribution in [2.24, 2.45) is 5.73 Å². The number of hydrogen-bond donors (Lipinski definition) is 2. The molecule has 0 spiro atoms. The number of nitrogens with one attached hydrogen (secondary N) is 1. The number of rotatable bonds is 4. The van der Waals surface area contributed by atoms with Crippen LogP contribution in [0.2, 0.25) is 0 Å². The molecule has 1 aromatic heterocycles. The summed E-state index contributed by atoms with van der Waals surface area (Å²) in [5.41, 5.74) is 6.21. The highest BCUT2D eigenvalue weighted by Crippen LogP contribution is 2.32. The van der Waals surface area contributed by atoms with Gasteiger partial charge >= 0.3 is 0 Å². The van der Waals surface area contributed by atoms with E-state index in [0.717, 1.165) is 28.4 Å². The Labute approximate surface area is 114 Å². The Morgan fingerprint density at radius 3 is 2.74 bits per heavy atom. The number of aromatic nitrogens is 2. The lowest BCUT2D eigenvalue weighted by Gasteiger charge is -2.07. The van der Waals surface area contributed by atoms with Crippen molar-refractivity contribution in [3.8, 4) is 10.6 Å². The van der Waals surface area contributed by atoms with Crippen LogP contribution < -0.4 is 11.1 Å². The van der Waals surface area contributed by atoms with Crippen LogP contribution in [-0.2, 0) is 11.3 Å². The number of carbonyl (C=O) groups excluding carboxylic acids is 1. The van der Waals surface area contributed by atoms with Crippen molar-refractivity contribution in [2.75, 3.05) is 0 Å². The van der Waals surface area contributed by atoms with Gasteiger partial charge in [-0.2, -0.15) is 0 Å². The number of nitrogens with zero attached hydrogens (tertiary/aromatic N) is 2. The number of nitrogens with two attached hydrogens (primary N) is 1. The molecule has 1 aromatic carbocycles. The molecule has 1 aliphatic carbocycles. The third kappa shape index (κ3) is 2.64. The molecule has 1 saturated carbocycles. The van der Waals surface area contributed by atoms with E-state index in [9.17, 15) is 4.79 Å². The van der Waals surface area contributed by atoms with Gasteiger partial charge in [-0.05, 0) is 12.8 Å². The lowest BCUT2D eigenvalue weighted by Crippen LogP contribution is -2.42. The van der Waals surface area contributed by atoms with Gasteiger partial charge in [0.2, 0.25) is 5.91 Å². The highest BCUT2D eigenvalue weighted by Gasteiger charge is 2.45. The number of benzene rings is 1. The summed E-state index contributed by atoms with van der Waals surface area (Å²) in [6.07, 6.45) is 1.54. The number of amides is 1. The fourth-order valence-corrected chi connectivity index (χ4v) is 2.50. The molecule has 2 aromatic rings. The molecule has 3 N–H and O–H groups in total. The molecule has 5 nitrogen and oxygen atoms in total. The summed E-state index contributed by atoms with van der Waals surface area (Å²) in [6.45, 7) is 0.391. The molecule has 0 unspecified atom stereocenters. The molecule has 1 amide bonds. The summed E-state index contributed by atoms with van der Waals surface area (Å²) in [4.78, 5) is 11.7. The van der Waals surface area contributed by atoms with Crippen molar-refractivity contribution in [3.05, 3.63) is 35.3 Å². The van der Waals surface area contributed by atoms with Crippen LogP contribution >= 0.6 is 11.3 Å². The van der Waals surface area contributed by atoms with Crippen molar-refractivity contribution in [2.45, 2.75) is 24.9 Å². The first-order valence-corrected chi connectivity index (χ1v) is 6.94. The van der Waals surface area contributed by atoms with Gasteiger partial charge in [0.1, 0.15) is 10.0 Å². The summed E-state index contributed by atoms with van der Waals surface area (Å²) < 4.78 is 0. The van der Waals surface area contributed by atoms with Crippen LogP contribution in [0.5, 0.6) is 0 Å². The third-order valence-corrected chi connectivity index (χ3v) is 4.10. The van der Waals surface area contributed by atoms with E-state index in [4.69, 9.17) is 5.73 Å². The van der Waals surface area contributed by atoms with E-state index in [2.05, 4.69) is 15.5 Å². The summed E-state index contributed by atoms with van der Waals surface area (Å²) in [7, 11) is 0. The van der Waals surface area contributed by atoms with Crippen LogP contribution in [0.25, 0.3) is 10.6 Å². The van der Waals surface area contributed by atoms with Crippen molar-refractivity contribution in [1.29, 1.82) is 0 Å². The molecule has 0 saturated heterocycles. The van der Waals surface area contributed by atoms with E-state index in [-0.39, 0.29) is 5.91 Å². The Morgan fingerprint density at radius 2 is 2.05 bits per heavy atom. The van der Waals surface area contributed by atoms with Gasteiger partial charge in [-0.1, -0.05) is 41.7 Å². The van der Waals surface area contributed by atoms with Gasteiger partial charge in [-0.3, -0.25) is 4.79 Å². The standard InChI is InChI=1S/C13H14N4OS/c14-13(6-7-13)12(18)15-8-10-16-17-11(19-10)9-4-2-1-3-5-9/h1-5H,6-8,14H2,(H,15,18). The quantitative estimate of drug-likeness (QED) is 0.881. The van der Waals surface area contributed by atoms with Crippen LogP contribution in [-0.4, -0.2) is 21.6 Å². The van der Waals surface area contributed by atoms with Crippen molar-refractivity contribution >= 4 is 17.2 Å². The molecule has 98 valence electrons. The van der Waals surface area contributed by atoms with E-state index in [0.29, 0.717) is 6.54 Å². The van der Waals surface area contributed by atoms with Gasteiger partial charge in [-0.15, -0.1) is 10.2 Å². The van der Waals surface area contributed by atoms with E-state index in [1.54, 1.807) is 0 Å². The lowest BCUT2D eigenvalue weighted by molar-refractivity contribution is -0.123. The Hall–Kier alpha value is -1.79. The zero-order chi connectivity index (χ0) is 13.3. The second kappa shape index (κ2) is 4.71. The second-order valence-corrected chi connectivity index (χ2v) is 5.77. The molecule has 6 heteroatoms. The smallest absolute Gasteiger partial charge is 0.240 e. The van der Waals surface area contributed by atoms with E-state index >= 15 is 0 Å². The molecular formula is C13H14N4OS. The maximum absolute atomic E-state index is 11.7. The highest BCUT2D eigenvalue weighted by atomic mass is 32.1. The van der Waals surface area contributed by atoms with Gasteiger partial charge in [-0.25, -0.2) is 0 Å².